The van der Waals surface area contributed by atoms with Crippen LogP contribution in [0.4, 0.5) is 0 Å². The average Bonchev–Trinajstić information content (AvgIpc) is 2.97. The highest BCUT2D eigenvalue weighted by atomic mass is 32.2. The van der Waals surface area contributed by atoms with Gasteiger partial charge >= 0.3 is 5.97 Å². The predicted molar refractivity (Wildman–Crippen MR) is 156 cm³/mol. The van der Waals surface area contributed by atoms with E-state index in [0.717, 1.165) is 72.6 Å². The van der Waals surface area contributed by atoms with Crippen LogP contribution >= 0.6 is 11.8 Å². The first-order valence-corrected chi connectivity index (χ1v) is 14.8. The van der Waals surface area contributed by atoms with Crippen molar-refractivity contribution in [2.45, 2.75) is 49.5 Å². The number of methoxy groups -OCH3 is 2. The number of aromatic nitrogens is 1. The molecule has 3 atom stereocenters. The number of ether oxygens (including phenoxy) is 2. The van der Waals surface area contributed by atoms with Gasteiger partial charge in [0.2, 0.25) is 0 Å². The lowest BCUT2D eigenvalue weighted by Gasteiger charge is -2.39. The van der Waals surface area contributed by atoms with Crippen molar-refractivity contribution in [1.29, 1.82) is 0 Å². The number of hydrogen-bond acceptors (Lipinski definition) is 7. The van der Waals surface area contributed by atoms with Crippen molar-refractivity contribution in [2.75, 3.05) is 39.6 Å². The topological polar surface area (TPSA) is 92.1 Å². The van der Waals surface area contributed by atoms with E-state index in [1.807, 2.05) is 48.2 Å². The zero-order valence-corrected chi connectivity index (χ0v) is 23.7. The minimum absolute atomic E-state index is 0.194. The molecular weight excluding hydrogens is 512 g/mol. The number of aliphatic carboxylic acids is 1. The number of aliphatic hydroxyl groups is 1. The van der Waals surface area contributed by atoms with Gasteiger partial charge in [0.1, 0.15) is 11.5 Å². The molecule has 2 aromatic carbocycles. The van der Waals surface area contributed by atoms with Gasteiger partial charge in [-0.15, -0.1) is 11.8 Å². The molecule has 1 fully saturated rings. The Morgan fingerprint density at radius 1 is 1.08 bits per heavy atom. The van der Waals surface area contributed by atoms with Gasteiger partial charge in [0, 0.05) is 29.4 Å². The van der Waals surface area contributed by atoms with Crippen molar-refractivity contribution in [3.05, 3.63) is 60.3 Å². The summed E-state index contributed by atoms with van der Waals surface area (Å²) in [7, 11) is 3.31. The minimum atomic E-state index is -0.737. The molecule has 7 nitrogen and oxygen atoms in total. The number of fused-ring (bicyclic) bond motifs is 1. The fourth-order valence-electron chi connectivity index (χ4n) is 5.62. The summed E-state index contributed by atoms with van der Waals surface area (Å²) in [6.07, 6.45) is 5.66. The van der Waals surface area contributed by atoms with Gasteiger partial charge < -0.3 is 24.6 Å². The predicted octanol–water partition coefficient (Wildman–Crippen LogP) is 6.05. The van der Waals surface area contributed by atoms with Gasteiger partial charge in [0.15, 0.2) is 0 Å². The number of likely N-dealkylation sites (tertiary alicyclic amines) is 1. The summed E-state index contributed by atoms with van der Waals surface area (Å²) in [5.41, 5.74) is 1.71. The van der Waals surface area contributed by atoms with Crippen LogP contribution in [0, 0.1) is 11.8 Å². The van der Waals surface area contributed by atoms with Crippen molar-refractivity contribution in [1.82, 2.24) is 9.88 Å². The molecule has 3 aromatic rings. The van der Waals surface area contributed by atoms with E-state index in [-0.39, 0.29) is 6.42 Å². The van der Waals surface area contributed by atoms with E-state index < -0.39 is 12.1 Å². The number of benzene rings is 2. The van der Waals surface area contributed by atoms with Crippen molar-refractivity contribution < 1.29 is 24.5 Å². The maximum absolute atomic E-state index is 11.4. The summed E-state index contributed by atoms with van der Waals surface area (Å²) >= 11 is 1.86. The summed E-state index contributed by atoms with van der Waals surface area (Å²) in [6.45, 7) is 2.97. The Morgan fingerprint density at radius 2 is 1.85 bits per heavy atom. The molecule has 0 aliphatic carbocycles. The molecule has 1 saturated heterocycles. The molecule has 39 heavy (non-hydrogen) atoms. The third-order valence-corrected chi connectivity index (χ3v) is 8.90. The Morgan fingerprint density at radius 3 is 2.59 bits per heavy atom. The molecule has 0 saturated carbocycles. The van der Waals surface area contributed by atoms with Gasteiger partial charge in [-0.1, -0.05) is 0 Å². The van der Waals surface area contributed by atoms with Gasteiger partial charge in [0.05, 0.1) is 25.8 Å². The second-order valence-corrected chi connectivity index (χ2v) is 11.5. The van der Waals surface area contributed by atoms with Crippen LogP contribution in [0.5, 0.6) is 11.5 Å². The normalized spacial score (nSPS) is 18.6. The zero-order chi connectivity index (χ0) is 27.6. The third kappa shape index (κ3) is 8.34. The lowest BCUT2D eigenvalue weighted by atomic mass is 9.79. The van der Waals surface area contributed by atoms with E-state index in [1.54, 1.807) is 20.4 Å². The SMILES string of the molecule is COc1ccc(SCCCN2CC[C@@H](CC[C@@H](O)c3ccnc4ccc(OC)cc34)[C@H](CCC(=O)O)C2)cc1. The van der Waals surface area contributed by atoms with Gasteiger partial charge in [-0.25, -0.2) is 0 Å². The van der Waals surface area contributed by atoms with Gasteiger partial charge in [0.25, 0.3) is 0 Å². The first kappa shape index (κ1) is 29.2. The number of carboxylic acid groups (broad SMARTS) is 1. The first-order chi connectivity index (χ1) is 19.0. The Labute approximate surface area is 235 Å². The Hall–Kier alpha value is -2.81. The second kappa shape index (κ2) is 14.5. The molecule has 1 aromatic heterocycles. The molecular formula is C31H40N2O5S. The maximum atomic E-state index is 11.4. The molecule has 0 unspecified atom stereocenters. The Bertz CT molecular complexity index is 1210. The summed E-state index contributed by atoms with van der Waals surface area (Å²) in [4.78, 5) is 19.5. The number of aliphatic hydroxyl groups excluding tert-OH is 1. The maximum Gasteiger partial charge on any atom is 0.303 e. The number of carbonyl (C=O) groups is 1. The van der Waals surface area contributed by atoms with Gasteiger partial charge in [-0.2, -0.15) is 0 Å². The van der Waals surface area contributed by atoms with Crippen molar-refractivity contribution in [3.63, 3.8) is 0 Å². The molecule has 0 radical (unpaired) electrons. The van der Waals surface area contributed by atoms with Gasteiger partial charge in [-0.05, 0) is 117 Å². The Kier molecular flexibility index (Phi) is 10.9. The molecule has 210 valence electrons. The van der Waals surface area contributed by atoms with Crippen molar-refractivity contribution >= 4 is 28.6 Å². The number of nitrogens with zero attached hydrogens (tertiary/aromatic N) is 2. The average molecular weight is 553 g/mol. The zero-order valence-electron chi connectivity index (χ0n) is 22.9. The van der Waals surface area contributed by atoms with E-state index in [9.17, 15) is 15.0 Å². The molecule has 4 rings (SSSR count). The van der Waals surface area contributed by atoms with Crippen LogP contribution in [0.2, 0.25) is 0 Å². The molecule has 0 amide bonds. The lowest BCUT2D eigenvalue weighted by Crippen LogP contribution is -2.41. The molecule has 2 N–H and O–H groups in total. The highest BCUT2D eigenvalue weighted by Gasteiger charge is 2.30. The van der Waals surface area contributed by atoms with Crippen LogP contribution < -0.4 is 9.47 Å². The fourth-order valence-corrected chi connectivity index (χ4v) is 6.45. The largest absolute Gasteiger partial charge is 0.497 e. The van der Waals surface area contributed by atoms with E-state index in [1.165, 1.54) is 4.90 Å². The number of thioether (sulfide) groups is 1. The third-order valence-electron chi connectivity index (χ3n) is 7.80. The molecule has 8 heteroatoms. The van der Waals surface area contributed by atoms with E-state index in [0.29, 0.717) is 24.7 Å². The fraction of sp³-hybridized carbons (Fsp3) is 0.484. The second-order valence-electron chi connectivity index (χ2n) is 10.3. The van der Waals surface area contributed by atoms with E-state index in [4.69, 9.17) is 9.47 Å². The first-order valence-electron chi connectivity index (χ1n) is 13.8. The number of pyridine rings is 1. The van der Waals surface area contributed by atoms with Crippen LogP contribution in [-0.2, 0) is 4.79 Å². The van der Waals surface area contributed by atoms with Crippen LogP contribution in [0.3, 0.4) is 0 Å². The van der Waals surface area contributed by atoms with Gasteiger partial charge in [-0.3, -0.25) is 9.78 Å². The number of piperidine rings is 1. The number of hydrogen-bond donors (Lipinski definition) is 2. The summed E-state index contributed by atoms with van der Waals surface area (Å²) < 4.78 is 10.6. The molecule has 0 bridgehead atoms. The monoisotopic (exact) mass is 552 g/mol. The van der Waals surface area contributed by atoms with Crippen LogP contribution in [0.15, 0.2) is 59.6 Å². The molecule has 1 aliphatic heterocycles. The molecule has 0 spiro atoms. The van der Waals surface area contributed by atoms with Crippen LogP contribution in [-0.4, -0.2) is 65.7 Å². The number of rotatable bonds is 14. The van der Waals surface area contributed by atoms with Crippen LogP contribution in [0.25, 0.3) is 10.9 Å². The quantitative estimate of drug-likeness (QED) is 0.184. The Balaban J connectivity index is 1.30. The molecule has 2 heterocycles. The summed E-state index contributed by atoms with van der Waals surface area (Å²) in [5.74, 6) is 2.66. The standard InChI is InChI=1S/C31H40N2O5S/c1-37-24-6-9-26(10-7-24)39-19-3-17-33-18-15-22(23(21-33)5-13-31(35)36)4-12-30(34)27-14-16-32-29-11-8-25(38-2)20-28(27)29/h6-11,14,16,20,22-23,30,34H,3-5,12-13,15,17-19,21H2,1-2H3,(H,35,36)/t22-,23-,30-/m1/s1. The molecule has 1 aliphatic rings. The summed E-state index contributed by atoms with van der Waals surface area (Å²) in [5, 5.41) is 21.4. The highest BCUT2D eigenvalue weighted by molar-refractivity contribution is 7.99. The smallest absolute Gasteiger partial charge is 0.303 e. The minimum Gasteiger partial charge on any atom is -0.497 e. The van der Waals surface area contributed by atoms with E-state index in [2.05, 4.69) is 22.0 Å². The summed E-state index contributed by atoms with van der Waals surface area (Å²) in [6, 6.07) is 15.8. The van der Waals surface area contributed by atoms with Crippen LogP contribution in [0.1, 0.15) is 50.2 Å². The lowest BCUT2D eigenvalue weighted by molar-refractivity contribution is -0.137. The highest BCUT2D eigenvalue weighted by Crippen LogP contribution is 2.35. The van der Waals surface area contributed by atoms with E-state index >= 15 is 0 Å². The van der Waals surface area contributed by atoms with Crippen molar-refractivity contribution in [3.8, 4) is 11.5 Å². The number of carboxylic acids is 1. The van der Waals surface area contributed by atoms with Crippen molar-refractivity contribution in [2.24, 2.45) is 11.8 Å².